The molecule has 25 heavy (non-hydrogen) atoms. The fourth-order valence-corrected chi connectivity index (χ4v) is 4.78. The molecule has 4 rings (SSSR count). The number of nitrogens with zero attached hydrogens (tertiary/aromatic N) is 3. The summed E-state index contributed by atoms with van der Waals surface area (Å²) in [4.78, 5) is 15.4. The van der Waals surface area contributed by atoms with E-state index in [2.05, 4.69) is 15.3 Å². The highest BCUT2D eigenvalue weighted by Crippen LogP contribution is 2.39. The van der Waals surface area contributed by atoms with Crippen LogP contribution in [0.25, 0.3) is 0 Å². The highest BCUT2D eigenvalue weighted by atomic mass is 35.5. The van der Waals surface area contributed by atoms with Crippen LogP contribution in [0.1, 0.15) is 37.2 Å². The van der Waals surface area contributed by atoms with E-state index in [-0.39, 0.29) is 29.7 Å². The molecule has 0 aromatic carbocycles. The molecule has 1 unspecified atom stereocenters. The van der Waals surface area contributed by atoms with Gasteiger partial charge in [-0.25, -0.2) is 0 Å². The number of halogens is 1. The summed E-state index contributed by atoms with van der Waals surface area (Å²) in [5.74, 6) is 0.596. The predicted molar refractivity (Wildman–Crippen MR) is 97.9 cm³/mol. The number of aromatic nitrogens is 2. The topological polar surface area (TPSA) is 59.4 Å². The van der Waals surface area contributed by atoms with Gasteiger partial charge in [0.25, 0.3) is 0 Å². The Bertz CT molecular complexity index is 594. The quantitative estimate of drug-likeness (QED) is 0.860. The molecule has 3 aliphatic heterocycles. The first-order valence-corrected chi connectivity index (χ1v) is 9.23. The van der Waals surface area contributed by atoms with Gasteiger partial charge >= 0.3 is 0 Å². The molecule has 1 spiro atoms. The number of hydrogen-bond acceptors (Lipinski definition) is 4. The maximum atomic E-state index is 13.2. The second kappa shape index (κ2) is 7.64. The van der Waals surface area contributed by atoms with Gasteiger partial charge in [-0.15, -0.1) is 12.4 Å². The molecule has 1 N–H and O–H groups in total. The number of nitrogens with one attached hydrogen (secondary N) is 1. The number of carbonyl (C=O) groups is 1. The van der Waals surface area contributed by atoms with E-state index in [4.69, 9.17) is 4.74 Å². The molecule has 0 saturated carbocycles. The van der Waals surface area contributed by atoms with Crippen molar-refractivity contribution in [3.63, 3.8) is 0 Å². The zero-order valence-electron chi connectivity index (χ0n) is 14.9. The van der Waals surface area contributed by atoms with Gasteiger partial charge in [-0.2, -0.15) is 5.10 Å². The highest BCUT2D eigenvalue weighted by Gasteiger charge is 2.42. The van der Waals surface area contributed by atoms with Crippen LogP contribution in [-0.2, 0) is 16.6 Å². The van der Waals surface area contributed by atoms with E-state index in [1.54, 1.807) is 0 Å². The average molecular weight is 369 g/mol. The molecule has 1 amide bonds. The van der Waals surface area contributed by atoms with E-state index in [1.165, 1.54) is 18.4 Å². The van der Waals surface area contributed by atoms with Gasteiger partial charge in [0.1, 0.15) is 0 Å². The van der Waals surface area contributed by atoms with E-state index >= 15 is 0 Å². The first-order valence-electron chi connectivity index (χ1n) is 9.23. The van der Waals surface area contributed by atoms with Crippen LogP contribution >= 0.6 is 12.4 Å². The molecule has 0 aliphatic carbocycles. The summed E-state index contributed by atoms with van der Waals surface area (Å²) in [5, 5.41) is 7.70. The number of rotatable bonds is 2. The number of likely N-dealkylation sites (tertiary alicyclic amines) is 1. The van der Waals surface area contributed by atoms with Crippen molar-refractivity contribution < 1.29 is 9.53 Å². The smallest absolute Gasteiger partial charge is 0.227 e. The van der Waals surface area contributed by atoms with Gasteiger partial charge in [-0.05, 0) is 31.2 Å². The standard InChI is InChI=1S/C18H28N4O2.ClH/c1-21-11-14(8-20-21)15-9-19-10-16(15)17(23)22-6-2-4-18(12-22)5-3-7-24-13-18;/h8,11,15-16,19H,2-7,9-10,12-13H2,1H3;1H/t15-,16+,18?;/m1./s1. The molecule has 3 saturated heterocycles. The Kier molecular flexibility index (Phi) is 5.71. The van der Waals surface area contributed by atoms with Gasteiger partial charge in [0.05, 0.1) is 18.7 Å². The number of piperidine rings is 1. The Labute approximate surface area is 155 Å². The number of aryl methyl sites for hydroxylation is 1. The summed E-state index contributed by atoms with van der Waals surface area (Å²) in [6.07, 6.45) is 8.59. The number of hydrogen-bond donors (Lipinski definition) is 1. The van der Waals surface area contributed by atoms with Crippen LogP contribution in [0, 0.1) is 11.3 Å². The summed E-state index contributed by atoms with van der Waals surface area (Å²) in [5.41, 5.74) is 1.38. The number of carbonyl (C=O) groups excluding carboxylic acids is 1. The van der Waals surface area contributed by atoms with E-state index in [1.807, 2.05) is 24.1 Å². The minimum Gasteiger partial charge on any atom is -0.381 e. The summed E-state index contributed by atoms with van der Waals surface area (Å²) < 4.78 is 7.57. The fourth-order valence-electron chi connectivity index (χ4n) is 4.78. The van der Waals surface area contributed by atoms with Crippen LogP contribution < -0.4 is 5.32 Å². The molecule has 0 radical (unpaired) electrons. The van der Waals surface area contributed by atoms with Gasteiger partial charge in [0, 0.05) is 57.4 Å². The Morgan fingerprint density at radius 3 is 2.92 bits per heavy atom. The van der Waals surface area contributed by atoms with Crippen LogP contribution in [0.3, 0.4) is 0 Å². The van der Waals surface area contributed by atoms with Crippen LogP contribution in [0.2, 0.25) is 0 Å². The van der Waals surface area contributed by atoms with Crippen molar-refractivity contribution in [2.45, 2.75) is 31.6 Å². The Morgan fingerprint density at radius 1 is 1.36 bits per heavy atom. The molecule has 7 heteroatoms. The minimum atomic E-state index is 0. The Hall–Kier alpha value is -1.11. The van der Waals surface area contributed by atoms with Gasteiger partial charge in [-0.3, -0.25) is 9.48 Å². The normalized spacial score (nSPS) is 32.6. The van der Waals surface area contributed by atoms with Crippen molar-refractivity contribution in [1.82, 2.24) is 20.0 Å². The first-order chi connectivity index (χ1) is 11.7. The van der Waals surface area contributed by atoms with Crippen LogP contribution in [-0.4, -0.2) is 60.0 Å². The van der Waals surface area contributed by atoms with Crippen molar-refractivity contribution in [2.24, 2.45) is 18.4 Å². The third kappa shape index (κ3) is 3.71. The van der Waals surface area contributed by atoms with Crippen LogP contribution in [0.15, 0.2) is 12.4 Å². The van der Waals surface area contributed by atoms with Crippen molar-refractivity contribution in [3.05, 3.63) is 18.0 Å². The van der Waals surface area contributed by atoms with Crippen molar-refractivity contribution in [1.29, 1.82) is 0 Å². The van der Waals surface area contributed by atoms with Crippen LogP contribution in [0.4, 0.5) is 0 Å². The SMILES string of the molecule is Cl.Cn1cc([C@H]2CNC[C@@H]2C(=O)N2CCCC3(CCCOC3)C2)cn1. The molecule has 3 aliphatic rings. The van der Waals surface area contributed by atoms with Crippen molar-refractivity contribution in [3.8, 4) is 0 Å². The lowest BCUT2D eigenvalue weighted by Gasteiger charge is -2.45. The molecule has 140 valence electrons. The lowest BCUT2D eigenvalue weighted by atomic mass is 9.75. The van der Waals surface area contributed by atoms with E-state index in [9.17, 15) is 4.79 Å². The third-order valence-corrected chi connectivity index (χ3v) is 6.06. The largest absolute Gasteiger partial charge is 0.381 e. The summed E-state index contributed by atoms with van der Waals surface area (Å²) in [6.45, 7) is 5.12. The Morgan fingerprint density at radius 2 is 2.20 bits per heavy atom. The van der Waals surface area contributed by atoms with Gasteiger partial charge in [0.15, 0.2) is 0 Å². The van der Waals surface area contributed by atoms with Crippen molar-refractivity contribution >= 4 is 18.3 Å². The van der Waals surface area contributed by atoms with Crippen molar-refractivity contribution in [2.75, 3.05) is 39.4 Å². The second-order valence-corrected chi connectivity index (χ2v) is 7.84. The molecular weight excluding hydrogens is 340 g/mol. The van der Waals surface area contributed by atoms with Gasteiger partial charge in [0.2, 0.25) is 5.91 Å². The van der Waals surface area contributed by atoms with E-state index in [0.29, 0.717) is 5.91 Å². The molecule has 1 aromatic heterocycles. The van der Waals surface area contributed by atoms with Gasteiger partial charge in [-0.1, -0.05) is 0 Å². The Balaban J connectivity index is 0.00000182. The molecule has 4 heterocycles. The first kappa shape index (κ1) is 18.7. The molecule has 1 aromatic rings. The maximum absolute atomic E-state index is 13.2. The van der Waals surface area contributed by atoms with Gasteiger partial charge < -0.3 is 15.0 Å². The summed E-state index contributed by atoms with van der Waals surface area (Å²) in [6, 6.07) is 0. The molecular formula is C18H29ClN4O2. The maximum Gasteiger partial charge on any atom is 0.227 e. The molecule has 3 atom stereocenters. The third-order valence-electron chi connectivity index (χ3n) is 6.06. The zero-order valence-corrected chi connectivity index (χ0v) is 15.8. The van der Waals surface area contributed by atoms with Crippen LogP contribution in [0.5, 0.6) is 0 Å². The second-order valence-electron chi connectivity index (χ2n) is 7.84. The molecule has 0 bridgehead atoms. The molecule has 3 fully saturated rings. The van der Waals surface area contributed by atoms with E-state index < -0.39 is 0 Å². The lowest BCUT2D eigenvalue weighted by Crippen LogP contribution is -2.51. The molecule has 6 nitrogen and oxygen atoms in total. The fraction of sp³-hybridized carbons (Fsp3) is 0.778. The highest BCUT2D eigenvalue weighted by molar-refractivity contribution is 5.85. The number of ether oxygens (including phenoxy) is 1. The lowest BCUT2D eigenvalue weighted by molar-refractivity contribution is -0.142. The number of amides is 1. The zero-order chi connectivity index (χ0) is 16.6. The van der Waals surface area contributed by atoms with E-state index in [0.717, 1.165) is 52.2 Å². The monoisotopic (exact) mass is 368 g/mol. The summed E-state index contributed by atoms with van der Waals surface area (Å²) in [7, 11) is 1.93. The predicted octanol–water partition coefficient (Wildman–Crippen LogP) is 1.56. The average Bonchev–Trinajstić information content (AvgIpc) is 3.23. The minimum absolute atomic E-state index is 0. The summed E-state index contributed by atoms with van der Waals surface area (Å²) >= 11 is 0.